The molecule has 27 heavy (non-hydrogen) atoms. The molecule has 10 heteroatoms. The fourth-order valence-corrected chi connectivity index (χ4v) is 1.95. The molecule has 0 atom stereocenters. The third-order valence-corrected chi connectivity index (χ3v) is 3.24. The lowest BCUT2D eigenvalue weighted by molar-refractivity contribution is -0.137. The van der Waals surface area contributed by atoms with Gasteiger partial charge in [-0.2, -0.15) is 13.2 Å². The smallest absolute Gasteiger partial charge is 0.416 e. The predicted molar refractivity (Wildman–Crippen MR) is 109 cm³/mol. The van der Waals surface area contributed by atoms with E-state index in [0.29, 0.717) is 38.9 Å². The van der Waals surface area contributed by atoms with E-state index in [-0.39, 0.29) is 36.3 Å². The maximum Gasteiger partial charge on any atom is 0.416 e. The van der Waals surface area contributed by atoms with Crippen molar-refractivity contribution in [2.24, 2.45) is 4.99 Å². The van der Waals surface area contributed by atoms with Crippen LogP contribution < -0.4 is 15.4 Å². The van der Waals surface area contributed by atoms with E-state index in [1.54, 1.807) is 14.2 Å². The molecule has 0 bridgehead atoms. The van der Waals surface area contributed by atoms with Crippen molar-refractivity contribution in [3.05, 3.63) is 29.8 Å². The number of alkyl halides is 3. The maximum absolute atomic E-state index is 12.6. The maximum atomic E-state index is 12.6. The first-order valence-corrected chi connectivity index (χ1v) is 8.28. The standard InChI is InChI=1S/C17H26F3N3O3.HI/c1-21-16(22-7-4-9-25-12-11-24-2)23-8-10-26-15-6-3-5-14(13-15)17(18,19)20;/h3,5-6,13H,4,7-12H2,1-2H3,(H2,21,22,23);1H. The van der Waals surface area contributed by atoms with Crippen molar-refractivity contribution in [3.63, 3.8) is 0 Å². The number of nitrogens with one attached hydrogen (secondary N) is 2. The molecular weight excluding hydrogens is 478 g/mol. The molecule has 0 heterocycles. The monoisotopic (exact) mass is 505 g/mol. The van der Waals surface area contributed by atoms with E-state index in [1.165, 1.54) is 12.1 Å². The molecule has 1 rings (SSSR count). The summed E-state index contributed by atoms with van der Waals surface area (Å²) in [5.74, 6) is 0.771. The fourth-order valence-electron chi connectivity index (χ4n) is 1.95. The predicted octanol–water partition coefficient (Wildman–Crippen LogP) is 2.92. The van der Waals surface area contributed by atoms with Gasteiger partial charge in [0.15, 0.2) is 5.96 Å². The number of hydrogen-bond donors (Lipinski definition) is 2. The lowest BCUT2D eigenvalue weighted by Gasteiger charge is -2.13. The van der Waals surface area contributed by atoms with Crippen molar-refractivity contribution in [3.8, 4) is 5.75 Å². The molecule has 0 saturated heterocycles. The number of aliphatic imine (C=N–C) groups is 1. The minimum atomic E-state index is -4.38. The summed E-state index contributed by atoms with van der Waals surface area (Å²) in [6.45, 7) is 3.05. The Labute approximate surface area is 174 Å². The van der Waals surface area contributed by atoms with Crippen LogP contribution in [-0.2, 0) is 15.7 Å². The zero-order valence-electron chi connectivity index (χ0n) is 15.5. The highest BCUT2D eigenvalue weighted by Crippen LogP contribution is 2.31. The van der Waals surface area contributed by atoms with Crippen LogP contribution in [0.15, 0.2) is 29.3 Å². The number of hydrogen-bond acceptors (Lipinski definition) is 4. The highest BCUT2D eigenvalue weighted by Gasteiger charge is 2.30. The van der Waals surface area contributed by atoms with Gasteiger partial charge in [-0.25, -0.2) is 0 Å². The first-order valence-electron chi connectivity index (χ1n) is 8.28. The number of benzene rings is 1. The van der Waals surface area contributed by atoms with Crippen molar-refractivity contribution >= 4 is 29.9 Å². The van der Waals surface area contributed by atoms with E-state index in [1.807, 2.05) is 0 Å². The number of halogens is 4. The average molecular weight is 505 g/mol. The summed E-state index contributed by atoms with van der Waals surface area (Å²) >= 11 is 0. The van der Waals surface area contributed by atoms with Gasteiger partial charge in [-0.1, -0.05) is 6.07 Å². The van der Waals surface area contributed by atoms with Crippen molar-refractivity contribution < 1.29 is 27.4 Å². The molecule has 0 aromatic heterocycles. The van der Waals surface area contributed by atoms with Crippen molar-refractivity contribution in [1.82, 2.24) is 10.6 Å². The van der Waals surface area contributed by atoms with Crippen LogP contribution in [0.1, 0.15) is 12.0 Å². The molecule has 0 spiro atoms. The summed E-state index contributed by atoms with van der Waals surface area (Å²) in [5, 5.41) is 6.14. The molecule has 0 aliphatic carbocycles. The van der Waals surface area contributed by atoms with Gasteiger partial charge in [0.25, 0.3) is 0 Å². The van der Waals surface area contributed by atoms with Gasteiger partial charge in [-0.15, -0.1) is 24.0 Å². The van der Waals surface area contributed by atoms with Crippen LogP contribution in [0.25, 0.3) is 0 Å². The zero-order chi connectivity index (χ0) is 19.3. The average Bonchev–Trinajstić information content (AvgIpc) is 2.62. The van der Waals surface area contributed by atoms with Gasteiger partial charge in [0.05, 0.1) is 25.3 Å². The summed E-state index contributed by atoms with van der Waals surface area (Å²) < 4.78 is 53.5. The Balaban J connectivity index is 0.00000676. The SMILES string of the molecule is CN=C(NCCCOCCOC)NCCOc1cccc(C(F)(F)F)c1.I. The van der Waals surface area contributed by atoms with Gasteiger partial charge in [0, 0.05) is 27.3 Å². The minimum absolute atomic E-state index is 0. The van der Waals surface area contributed by atoms with Gasteiger partial charge < -0.3 is 24.8 Å². The number of ether oxygens (including phenoxy) is 3. The van der Waals surface area contributed by atoms with E-state index in [9.17, 15) is 13.2 Å². The second kappa shape index (κ2) is 14.7. The Bertz CT molecular complexity index is 546. The number of nitrogens with zero attached hydrogens (tertiary/aromatic N) is 1. The van der Waals surface area contributed by atoms with Gasteiger partial charge in [0.1, 0.15) is 12.4 Å². The summed E-state index contributed by atoms with van der Waals surface area (Å²) in [6.07, 6.45) is -3.57. The molecule has 0 radical (unpaired) electrons. The zero-order valence-corrected chi connectivity index (χ0v) is 17.8. The van der Waals surface area contributed by atoms with E-state index >= 15 is 0 Å². The van der Waals surface area contributed by atoms with Crippen molar-refractivity contribution in [1.29, 1.82) is 0 Å². The number of rotatable bonds is 11. The normalized spacial score (nSPS) is 11.7. The molecule has 0 saturated carbocycles. The van der Waals surface area contributed by atoms with Crippen molar-refractivity contribution in [2.75, 3.05) is 53.7 Å². The topological polar surface area (TPSA) is 64.1 Å². The van der Waals surface area contributed by atoms with Crippen LogP contribution >= 0.6 is 24.0 Å². The summed E-state index contributed by atoms with van der Waals surface area (Å²) in [6, 6.07) is 4.80. The third kappa shape index (κ3) is 11.9. The van der Waals surface area contributed by atoms with Crippen LogP contribution in [0.2, 0.25) is 0 Å². The van der Waals surface area contributed by atoms with E-state index in [0.717, 1.165) is 18.6 Å². The number of guanidine groups is 1. The largest absolute Gasteiger partial charge is 0.492 e. The second-order valence-corrected chi connectivity index (χ2v) is 5.26. The molecule has 0 unspecified atom stereocenters. The Hall–Kier alpha value is -1.27. The molecule has 0 aliphatic rings. The number of methoxy groups -OCH3 is 1. The molecule has 0 aliphatic heterocycles. The van der Waals surface area contributed by atoms with E-state index in [4.69, 9.17) is 14.2 Å². The third-order valence-electron chi connectivity index (χ3n) is 3.24. The van der Waals surface area contributed by atoms with Crippen LogP contribution in [0, 0.1) is 0 Å². The Morgan fingerprint density at radius 1 is 1.07 bits per heavy atom. The molecule has 0 amide bonds. The fraction of sp³-hybridized carbons (Fsp3) is 0.588. The molecule has 6 nitrogen and oxygen atoms in total. The first-order chi connectivity index (χ1) is 12.5. The second-order valence-electron chi connectivity index (χ2n) is 5.26. The van der Waals surface area contributed by atoms with Crippen LogP contribution in [0.5, 0.6) is 5.75 Å². The van der Waals surface area contributed by atoms with Gasteiger partial charge >= 0.3 is 6.18 Å². The molecule has 1 aromatic rings. The summed E-state index contributed by atoms with van der Waals surface area (Å²) in [7, 11) is 3.26. The summed E-state index contributed by atoms with van der Waals surface area (Å²) in [4.78, 5) is 4.06. The molecule has 2 N–H and O–H groups in total. The lowest BCUT2D eigenvalue weighted by atomic mass is 10.2. The van der Waals surface area contributed by atoms with Crippen LogP contribution in [0.3, 0.4) is 0 Å². The molecular formula is C17H27F3IN3O3. The molecule has 0 fully saturated rings. The highest BCUT2D eigenvalue weighted by molar-refractivity contribution is 14.0. The quantitative estimate of drug-likeness (QED) is 0.210. The van der Waals surface area contributed by atoms with Gasteiger partial charge in [-0.3, -0.25) is 4.99 Å². The van der Waals surface area contributed by atoms with E-state index in [2.05, 4.69) is 15.6 Å². The van der Waals surface area contributed by atoms with Gasteiger partial charge in [0.2, 0.25) is 0 Å². The Kier molecular flexibility index (Phi) is 14.1. The Morgan fingerprint density at radius 3 is 2.48 bits per heavy atom. The minimum Gasteiger partial charge on any atom is -0.492 e. The van der Waals surface area contributed by atoms with Crippen LogP contribution in [0.4, 0.5) is 13.2 Å². The van der Waals surface area contributed by atoms with Crippen LogP contribution in [-0.4, -0.2) is 59.6 Å². The lowest BCUT2D eigenvalue weighted by Crippen LogP contribution is -2.39. The van der Waals surface area contributed by atoms with E-state index < -0.39 is 11.7 Å². The Morgan fingerprint density at radius 2 is 1.81 bits per heavy atom. The molecule has 1 aromatic carbocycles. The highest BCUT2D eigenvalue weighted by atomic mass is 127. The van der Waals surface area contributed by atoms with Gasteiger partial charge in [-0.05, 0) is 24.6 Å². The molecule has 156 valence electrons. The van der Waals surface area contributed by atoms with Crippen molar-refractivity contribution in [2.45, 2.75) is 12.6 Å². The first kappa shape index (κ1) is 25.7. The summed E-state index contributed by atoms with van der Waals surface area (Å²) in [5.41, 5.74) is -0.729.